The van der Waals surface area contributed by atoms with Gasteiger partial charge < -0.3 is 9.64 Å². The Morgan fingerprint density at radius 1 is 1.12 bits per heavy atom. The molecule has 2 heteroatoms. The molecule has 0 aliphatic carbocycles. The van der Waals surface area contributed by atoms with Crippen LogP contribution in [0, 0.1) is 0 Å². The van der Waals surface area contributed by atoms with E-state index in [4.69, 9.17) is 4.74 Å². The van der Waals surface area contributed by atoms with Crippen molar-refractivity contribution in [3.63, 3.8) is 0 Å². The summed E-state index contributed by atoms with van der Waals surface area (Å²) in [5, 5.41) is 0. The number of hydrogen-bond donors (Lipinski definition) is 0. The smallest absolute Gasteiger partial charge is 0.0824 e. The predicted molar refractivity (Wildman–Crippen MR) is 69.8 cm³/mol. The van der Waals surface area contributed by atoms with Gasteiger partial charge in [-0.15, -0.1) is 0 Å². The average Bonchev–Trinajstić information content (AvgIpc) is 3.09. The molecule has 1 rings (SSSR count). The van der Waals surface area contributed by atoms with Crippen molar-refractivity contribution in [1.82, 2.24) is 4.90 Å². The van der Waals surface area contributed by atoms with Crippen molar-refractivity contribution in [3.05, 3.63) is 0 Å². The molecule has 0 amide bonds. The normalized spacial score (nSPS) is 21.4. The molecule has 1 heterocycles. The highest BCUT2D eigenvalue weighted by molar-refractivity contribution is 4.80. The highest BCUT2D eigenvalue weighted by Gasteiger charge is 2.28. The molecule has 16 heavy (non-hydrogen) atoms. The molecule has 0 saturated carbocycles. The van der Waals surface area contributed by atoms with Crippen molar-refractivity contribution in [2.24, 2.45) is 0 Å². The first-order chi connectivity index (χ1) is 7.81. The van der Waals surface area contributed by atoms with E-state index in [9.17, 15) is 0 Å². The van der Waals surface area contributed by atoms with Crippen molar-refractivity contribution < 1.29 is 4.74 Å². The molecule has 2 unspecified atom stereocenters. The van der Waals surface area contributed by atoms with Gasteiger partial charge in [0.1, 0.15) is 0 Å². The largest absolute Gasteiger partial charge is 0.373 e. The van der Waals surface area contributed by atoms with Crippen molar-refractivity contribution in [2.75, 3.05) is 19.7 Å². The van der Waals surface area contributed by atoms with E-state index in [0.717, 1.165) is 12.6 Å². The molecule has 0 radical (unpaired) electrons. The van der Waals surface area contributed by atoms with Gasteiger partial charge in [-0.25, -0.2) is 0 Å². The Morgan fingerprint density at radius 2 is 1.81 bits per heavy atom. The fourth-order valence-electron chi connectivity index (χ4n) is 2.50. The Labute approximate surface area is 101 Å². The lowest BCUT2D eigenvalue weighted by Crippen LogP contribution is -2.36. The van der Waals surface area contributed by atoms with Gasteiger partial charge in [-0.2, -0.15) is 0 Å². The maximum Gasteiger partial charge on any atom is 0.0824 e. The van der Waals surface area contributed by atoms with Crippen LogP contribution in [-0.4, -0.2) is 36.7 Å². The summed E-state index contributed by atoms with van der Waals surface area (Å²) in [7, 11) is 0. The Kier molecular flexibility index (Phi) is 7.06. The first-order valence-electron chi connectivity index (χ1n) is 7.17. The molecule has 0 bridgehead atoms. The summed E-state index contributed by atoms with van der Waals surface area (Å²) in [4.78, 5) is 2.60. The molecule has 0 aromatic rings. The van der Waals surface area contributed by atoms with Gasteiger partial charge in [0.05, 0.1) is 12.7 Å². The van der Waals surface area contributed by atoms with Gasteiger partial charge in [0, 0.05) is 6.04 Å². The lowest BCUT2D eigenvalue weighted by Gasteiger charge is -2.29. The molecule has 1 aliphatic rings. The zero-order chi connectivity index (χ0) is 11.8. The Bertz CT molecular complexity index is 164. The van der Waals surface area contributed by atoms with E-state index < -0.39 is 0 Å². The summed E-state index contributed by atoms with van der Waals surface area (Å²) in [5.41, 5.74) is 0. The summed E-state index contributed by atoms with van der Waals surface area (Å²) >= 11 is 0. The maximum absolute atomic E-state index is 5.38. The lowest BCUT2D eigenvalue weighted by molar-refractivity contribution is 0.179. The van der Waals surface area contributed by atoms with E-state index in [1.165, 1.54) is 51.6 Å². The summed E-state index contributed by atoms with van der Waals surface area (Å²) in [6.07, 6.45) is 8.72. The molecule has 1 aliphatic heterocycles. The third kappa shape index (κ3) is 5.31. The van der Waals surface area contributed by atoms with Crippen LogP contribution in [0.2, 0.25) is 0 Å². The fraction of sp³-hybridized carbons (Fsp3) is 1.00. The molecule has 1 saturated heterocycles. The van der Waals surface area contributed by atoms with E-state index in [-0.39, 0.29) is 0 Å². The number of unbranched alkanes of at least 4 members (excludes halogenated alkanes) is 3. The number of hydrogen-bond acceptors (Lipinski definition) is 2. The van der Waals surface area contributed by atoms with Crippen LogP contribution >= 0.6 is 0 Å². The monoisotopic (exact) mass is 227 g/mol. The van der Waals surface area contributed by atoms with Crippen molar-refractivity contribution in [1.29, 1.82) is 0 Å². The quantitative estimate of drug-likeness (QED) is 0.419. The van der Waals surface area contributed by atoms with Gasteiger partial charge >= 0.3 is 0 Å². The van der Waals surface area contributed by atoms with Gasteiger partial charge in [-0.3, -0.25) is 0 Å². The number of rotatable bonds is 10. The highest BCUT2D eigenvalue weighted by atomic mass is 16.6. The molecule has 0 aromatic carbocycles. The number of ether oxygens (including phenoxy) is 1. The standard InChI is InChI=1S/C14H29NO/c1-4-7-8-9-10-13(11-14-12-16-14)15(5-2)6-3/h13-14H,4-12H2,1-3H3. The van der Waals surface area contributed by atoms with E-state index in [0.29, 0.717) is 6.10 Å². The zero-order valence-corrected chi connectivity index (χ0v) is 11.4. The minimum absolute atomic E-state index is 0.580. The third-order valence-electron chi connectivity index (χ3n) is 3.66. The Hall–Kier alpha value is -0.0800. The van der Waals surface area contributed by atoms with Crippen LogP contribution in [-0.2, 0) is 4.74 Å². The van der Waals surface area contributed by atoms with Gasteiger partial charge in [-0.1, -0.05) is 46.5 Å². The van der Waals surface area contributed by atoms with Crippen LogP contribution in [0.5, 0.6) is 0 Å². The molecular formula is C14H29NO. The molecule has 2 nitrogen and oxygen atoms in total. The molecular weight excluding hydrogens is 198 g/mol. The van der Waals surface area contributed by atoms with Crippen molar-refractivity contribution >= 4 is 0 Å². The van der Waals surface area contributed by atoms with E-state index >= 15 is 0 Å². The van der Waals surface area contributed by atoms with Crippen molar-refractivity contribution in [3.8, 4) is 0 Å². The Morgan fingerprint density at radius 3 is 2.31 bits per heavy atom. The number of nitrogens with zero attached hydrogens (tertiary/aromatic N) is 1. The topological polar surface area (TPSA) is 15.8 Å². The lowest BCUT2D eigenvalue weighted by atomic mass is 10.0. The summed E-state index contributed by atoms with van der Waals surface area (Å²) in [5.74, 6) is 0. The summed E-state index contributed by atoms with van der Waals surface area (Å²) < 4.78 is 5.38. The molecule has 0 spiro atoms. The second kappa shape index (κ2) is 8.08. The SMILES string of the molecule is CCCCCCC(CC1CO1)N(CC)CC. The number of epoxide rings is 1. The fourth-order valence-corrected chi connectivity index (χ4v) is 2.50. The minimum atomic E-state index is 0.580. The predicted octanol–water partition coefficient (Wildman–Crippen LogP) is 3.46. The van der Waals surface area contributed by atoms with Crippen LogP contribution in [0.25, 0.3) is 0 Å². The van der Waals surface area contributed by atoms with Crippen LogP contribution in [0.4, 0.5) is 0 Å². The van der Waals surface area contributed by atoms with E-state index in [2.05, 4.69) is 25.7 Å². The second-order valence-electron chi connectivity index (χ2n) is 4.92. The second-order valence-corrected chi connectivity index (χ2v) is 4.92. The maximum atomic E-state index is 5.38. The molecule has 0 N–H and O–H groups in total. The molecule has 96 valence electrons. The highest BCUT2D eigenvalue weighted by Crippen LogP contribution is 2.22. The van der Waals surface area contributed by atoms with E-state index in [1.807, 2.05) is 0 Å². The van der Waals surface area contributed by atoms with Gasteiger partial charge in [-0.05, 0) is 25.9 Å². The van der Waals surface area contributed by atoms with Crippen LogP contribution in [0.15, 0.2) is 0 Å². The van der Waals surface area contributed by atoms with Crippen LogP contribution in [0.3, 0.4) is 0 Å². The third-order valence-corrected chi connectivity index (χ3v) is 3.66. The Balaban J connectivity index is 2.24. The van der Waals surface area contributed by atoms with Crippen LogP contribution < -0.4 is 0 Å². The van der Waals surface area contributed by atoms with Gasteiger partial charge in [0.25, 0.3) is 0 Å². The molecule has 2 atom stereocenters. The first kappa shape index (κ1) is 14.0. The minimum Gasteiger partial charge on any atom is -0.373 e. The van der Waals surface area contributed by atoms with Gasteiger partial charge in [0.2, 0.25) is 0 Å². The zero-order valence-electron chi connectivity index (χ0n) is 11.4. The first-order valence-corrected chi connectivity index (χ1v) is 7.17. The van der Waals surface area contributed by atoms with Crippen LogP contribution in [0.1, 0.15) is 59.3 Å². The summed E-state index contributed by atoms with van der Waals surface area (Å²) in [6, 6.07) is 0.763. The molecule has 1 fully saturated rings. The average molecular weight is 227 g/mol. The molecule has 0 aromatic heterocycles. The summed E-state index contributed by atoms with van der Waals surface area (Å²) in [6.45, 7) is 10.2. The van der Waals surface area contributed by atoms with Gasteiger partial charge in [0.15, 0.2) is 0 Å². The van der Waals surface area contributed by atoms with Crippen molar-refractivity contribution in [2.45, 2.75) is 71.4 Å². The van der Waals surface area contributed by atoms with E-state index in [1.54, 1.807) is 0 Å².